The van der Waals surface area contributed by atoms with Crippen LogP contribution in [0.25, 0.3) is 0 Å². The van der Waals surface area contributed by atoms with E-state index in [-0.39, 0.29) is 5.82 Å². The van der Waals surface area contributed by atoms with Crippen LogP contribution in [0.5, 0.6) is 0 Å². The van der Waals surface area contributed by atoms with E-state index >= 15 is 0 Å². The second kappa shape index (κ2) is 5.52. The third kappa shape index (κ3) is 3.28. The predicted molar refractivity (Wildman–Crippen MR) is 54.4 cm³/mol. The second-order valence-corrected chi connectivity index (χ2v) is 3.01. The van der Waals surface area contributed by atoms with E-state index in [1.165, 1.54) is 12.1 Å². The zero-order valence-corrected chi connectivity index (χ0v) is 7.91. The van der Waals surface area contributed by atoms with Crippen LogP contribution in [0.3, 0.4) is 0 Å². The maximum absolute atomic E-state index is 12.5. The number of hydrogen-bond donors (Lipinski definition) is 2. The number of rotatable bonds is 5. The normalized spacial score (nSPS) is 12.4. The first-order valence-electron chi connectivity index (χ1n) is 4.49. The van der Waals surface area contributed by atoms with Crippen molar-refractivity contribution in [1.29, 1.82) is 0 Å². The Morgan fingerprint density at radius 2 is 2.07 bits per heavy atom. The zero-order valence-electron chi connectivity index (χ0n) is 7.91. The Morgan fingerprint density at radius 1 is 1.43 bits per heavy atom. The van der Waals surface area contributed by atoms with Gasteiger partial charge in [-0.2, -0.15) is 0 Å². The van der Waals surface area contributed by atoms with Crippen molar-refractivity contribution in [3.63, 3.8) is 0 Å². The monoisotopic (exact) mass is 195 g/mol. The summed E-state index contributed by atoms with van der Waals surface area (Å²) in [4.78, 5) is 0. The van der Waals surface area contributed by atoms with Crippen LogP contribution in [0.4, 0.5) is 4.39 Å². The molecule has 0 heterocycles. The molecular weight excluding hydrogens is 181 g/mol. The molecule has 2 nitrogen and oxygen atoms in total. The minimum absolute atomic E-state index is 0.292. The van der Waals surface area contributed by atoms with Gasteiger partial charge in [-0.05, 0) is 17.7 Å². The van der Waals surface area contributed by atoms with Gasteiger partial charge in [0.1, 0.15) is 5.82 Å². The van der Waals surface area contributed by atoms with E-state index in [0.29, 0.717) is 18.7 Å². The van der Waals surface area contributed by atoms with Crippen molar-refractivity contribution in [3.05, 3.63) is 48.3 Å². The fourth-order valence-electron chi connectivity index (χ4n) is 1.12. The Balaban J connectivity index is 2.47. The Bertz CT molecular complexity index is 284. The molecule has 76 valence electrons. The van der Waals surface area contributed by atoms with Crippen LogP contribution in [0.15, 0.2) is 36.9 Å². The summed E-state index contributed by atoms with van der Waals surface area (Å²) in [5.41, 5.74) is 0.711. The summed E-state index contributed by atoms with van der Waals surface area (Å²) in [5, 5.41) is 12.6. The number of halogens is 1. The molecule has 1 rings (SSSR count). The number of hydrogen-bond acceptors (Lipinski definition) is 2. The number of nitrogens with one attached hydrogen (secondary N) is 1. The molecule has 1 aromatic carbocycles. The topological polar surface area (TPSA) is 32.3 Å². The molecule has 1 aromatic rings. The number of aliphatic hydroxyl groups excluding tert-OH is 1. The molecule has 0 saturated heterocycles. The zero-order chi connectivity index (χ0) is 10.4. The first-order valence-corrected chi connectivity index (χ1v) is 4.49. The summed E-state index contributed by atoms with van der Waals surface area (Å²) in [5.74, 6) is -0.292. The first-order chi connectivity index (χ1) is 6.74. The highest BCUT2D eigenvalue weighted by molar-refractivity contribution is 5.18. The summed E-state index contributed by atoms with van der Waals surface area (Å²) in [7, 11) is 0. The molecule has 0 aliphatic heterocycles. The van der Waals surface area contributed by atoms with Crippen molar-refractivity contribution in [2.75, 3.05) is 13.1 Å². The van der Waals surface area contributed by atoms with Gasteiger partial charge in [-0.15, -0.1) is 6.58 Å². The fraction of sp³-hybridized carbons (Fsp3) is 0.273. The van der Waals surface area contributed by atoms with E-state index in [4.69, 9.17) is 0 Å². The van der Waals surface area contributed by atoms with Gasteiger partial charge in [0.15, 0.2) is 0 Å². The molecule has 3 heteroatoms. The first kappa shape index (κ1) is 10.9. The van der Waals surface area contributed by atoms with E-state index < -0.39 is 6.10 Å². The second-order valence-electron chi connectivity index (χ2n) is 3.01. The lowest BCUT2D eigenvalue weighted by molar-refractivity contribution is 0.176. The average molecular weight is 195 g/mol. The number of aliphatic hydroxyl groups is 1. The summed E-state index contributed by atoms with van der Waals surface area (Å²) in [6, 6.07) is 5.84. The van der Waals surface area contributed by atoms with Gasteiger partial charge in [-0.25, -0.2) is 4.39 Å². The Labute approximate surface area is 83.1 Å². The average Bonchev–Trinajstić information content (AvgIpc) is 2.19. The molecular formula is C11H14FNO. The molecule has 2 N–H and O–H groups in total. The lowest BCUT2D eigenvalue weighted by atomic mass is 10.1. The highest BCUT2D eigenvalue weighted by Gasteiger charge is 2.05. The molecule has 0 bridgehead atoms. The maximum Gasteiger partial charge on any atom is 0.123 e. The van der Waals surface area contributed by atoms with Crippen molar-refractivity contribution >= 4 is 0 Å². The lowest BCUT2D eigenvalue weighted by Gasteiger charge is -2.10. The van der Waals surface area contributed by atoms with Crippen molar-refractivity contribution in [2.24, 2.45) is 0 Å². The van der Waals surface area contributed by atoms with Gasteiger partial charge in [0, 0.05) is 13.1 Å². The van der Waals surface area contributed by atoms with Crippen LogP contribution in [0, 0.1) is 5.82 Å². The molecule has 0 aliphatic rings. The molecule has 0 spiro atoms. The van der Waals surface area contributed by atoms with Crippen LogP contribution in [-0.4, -0.2) is 18.2 Å². The summed E-state index contributed by atoms with van der Waals surface area (Å²) in [6.07, 6.45) is 1.12. The lowest BCUT2D eigenvalue weighted by Crippen LogP contribution is -2.21. The van der Waals surface area contributed by atoms with Crippen LogP contribution in [-0.2, 0) is 0 Å². The SMILES string of the molecule is C=CCNCC(O)c1ccc(F)cc1. The Hall–Kier alpha value is -1.19. The predicted octanol–water partition coefficient (Wildman–Crippen LogP) is 1.63. The largest absolute Gasteiger partial charge is 0.387 e. The van der Waals surface area contributed by atoms with Crippen LogP contribution < -0.4 is 5.32 Å². The quantitative estimate of drug-likeness (QED) is 0.553. The van der Waals surface area contributed by atoms with Gasteiger partial charge in [-0.1, -0.05) is 18.2 Å². The molecule has 0 saturated carbocycles. The standard InChI is InChI=1S/C11H14FNO/c1-2-7-13-8-11(14)9-3-5-10(12)6-4-9/h2-6,11,13-14H,1,7-8H2. The smallest absolute Gasteiger partial charge is 0.123 e. The van der Waals surface area contributed by atoms with Gasteiger partial charge < -0.3 is 10.4 Å². The molecule has 0 radical (unpaired) electrons. The highest BCUT2D eigenvalue weighted by Crippen LogP contribution is 2.11. The summed E-state index contributed by atoms with van der Waals surface area (Å²) in [6.45, 7) is 4.64. The Morgan fingerprint density at radius 3 is 2.64 bits per heavy atom. The van der Waals surface area contributed by atoms with Crippen LogP contribution in [0.1, 0.15) is 11.7 Å². The molecule has 14 heavy (non-hydrogen) atoms. The third-order valence-electron chi connectivity index (χ3n) is 1.88. The van der Waals surface area contributed by atoms with Gasteiger partial charge in [-0.3, -0.25) is 0 Å². The van der Waals surface area contributed by atoms with Crippen molar-refractivity contribution in [3.8, 4) is 0 Å². The van der Waals surface area contributed by atoms with E-state index in [0.717, 1.165) is 0 Å². The molecule has 0 aromatic heterocycles. The Kier molecular flexibility index (Phi) is 4.29. The van der Waals surface area contributed by atoms with Gasteiger partial charge in [0.05, 0.1) is 6.10 Å². The molecule has 0 fully saturated rings. The highest BCUT2D eigenvalue weighted by atomic mass is 19.1. The molecule has 0 amide bonds. The van der Waals surface area contributed by atoms with Crippen LogP contribution >= 0.6 is 0 Å². The van der Waals surface area contributed by atoms with Crippen molar-refractivity contribution in [2.45, 2.75) is 6.10 Å². The van der Waals surface area contributed by atoms with E-state index in [1.54, 1.807) is 18.2 Å². The van der Waals surface area contributed by atoms with Gasteiger partial charge >= 0.3 is 0 Å². The molecule has 1 unspecified atom stereocenters. The summed E-state index contributed by atoms with van der Waals surface area (Å²) >= 11 is 0. The minimum atomic E-state index is -0.601. The fourth-order valence-corrected chi connectivity index (χ4v) is 1.12. The third-order valence-corrected chi connectivity index (χ3v) is 1.88. The van der Waals surface area contributed by atoms with E-state index in [1.807, 2.05) is 0 Å². The maximum atomic E-state index is 12.5. The van der Waals surface area contributed by atoms with E-state index in [9.17, 15) is 9.50 Å². The van der Waals surface area contributed by atoms with Crippen LogP contribution in [0.2, 0.25) is 0 Å². The number of benzene rings is 1. The van der Waals surface area contributed by atoms with Crippen molar-refractivity contribution in [1.82, 2.24) is 5.32 Å². The summed E-state index contributed by atoms with van der Waals surface area (Å²) < 4.78 is 12.5. The molecule has 1 atom stereocenters. The van der Waals surface area contributed by atoms with Gasteiger partial charge in [0.25, 0.3) is 0 Å². The molecule has 0 aliphatic carbocycles. The minimum Gasteiger partial charge on any atom is -0.387 e. The van der Waals surface area contributed by atoms with Crippen molar-refractivity contribution < 1.29 is 9.50 Å². The van der Waals surface area contributed by atoms with Gasteiger partial charge in [0.2, 0.25) is 0 Å². The van der Waals surface area contributed by atoms with E-state index in [2.05, 4.69) is 11.9 Å².